The van der Waals surface area contributed by atoms with Crippen molar-refractivity contribution in [3.8, 4) is 0 Å². The second-order valence-corrected chi connectivity index (χ2v) is 7.08. The van der Waals surface area contributed by atoms with E-state index in [1.54, 1.807) is 11.3 Å². The van der Waals surface area contributed by atoms with Crippen LogP contribution in [0.1, 0.15) is 18.4 Å². The summed E-state index contributed by atoms with van der Waals surface area (Å²) in [6.45, 7) is 2.24. The standard InChI is InChI=1S/C18H21N3O4S/c1-3-4-15-20-13-6-5-11(9-14(13)26-15)19-16-12(18(24)25-2)10-21(7-8-22)17(16)23/h5-6,9,19,22H,3-4,7-8,10H2,1-2H3. The van der Waals surface area contributed by atoms with E-state index in [2.05, 4.69) is 17.2 Å². The van der Waals surface area contributed by atoms with Crippen molar-refractivity contribution >= 4 is 39.1 Å². The number of fused-ring (bicyclic) bond motifs is 1. The Morgan fingerprint density at radius 1 is 1.46 bits per heavy atom. The average molecular weight is 375 g/mol. The molecule has 1 aromatic carbocycles. The molecule has 2 aromatic rings. The van der Waals surface area contributed by atoms with Crippen LogP contribution in [0.25, 0.3) is 10.2 Å². The van der Waals surface area contributed by atoms with Gasteiger partial charge in [-0.05, 0) is 31.0 Å². The van der Waals surface area contributed by atoms with E-state index in [0.29, 0.717) is 5.69 Å². The molecule has 1 aliphatic heterocycles. The van der Waals surface area contributed by atoms with Gasteiger partial charge in [0.25, 0.3) is 5.91 Å². The smallest absolute Gasteiger partial charge is 0.337 e. The van der Waals surface area contributed by atoms with E-state index in [0.717, 1.165) is 28.1 Å². The summed E-state index contributed by atoms with van der Waals surface area (Å²) in [5.74, 6) is -0.874. The molecule has 8 heteroatoms. The normalized spacial score (nSPS) is 14.4. The highest BCUT2D eigenvalue weighted by molar-refractivity contribution is 7.18. The van der Waals surface area contributed by atoms with Crippen molar-refractivity contribution in [1.82, 2.24) is 9.88 Å². The molecular formula is C18H21N3O4S. The third kappa shape index (κ3) is 3.56. The van der Waals surface area contributed by atoms with Crippen molar-refractivity contribution in [3.63, 3.8) is 0 Å². The van der Waals surface area contributed by atoms with Gasteiger partial charge in [0.2, 0.25) is 0 Å². The number of benzene rings is 1. The molecule has 0 spiro atoms. The van der Waals surface area contributed by atoms with Crippen LogP contribution < -0.4 is 5.32 Å². The minimum atomic E-state index is -0.551. The lowest BCUT2D eigenvalue weighted by molar-refractivity contribution is -0.136. The molecule has 0 bridgehead atoms. The SMILES string of the molecule is CCCc1nc2ccc(NC3=C(C(=O)OC)CN(CCO)C3=O)cc2s1. The van der Waals surface area contributed by atoms with Crippen LogP contribution in [0.4, 0.5) is 5.69 Å². The van der Waals surface area contributed by atoms with Gasteiger partial charge in [-0.1, -0.05) is 6.92 Å². The number of ether oxygens (including phenoxy) is 1. The van der Waals surface area contributed by atoms with Gasteiger partial charge >= 0.3 is 5.97 Å². The molecule has 3 rings (SSSR count). The molecule has 0 saturated heterocycles. The number of esters is 1. The molecule has 0 aliphatic carbocycles. The zero-order valence-corrected chi connectivity index (χ0v) is 15.6. The number of hydrogen-bond acceptors (Lipinski definition) is 7. The Labute approximate surface area is 155 Å². The van der Waals surface area contributed by atoms with Gasteiger partial charge in [-0.15, -0.1) is 11.3 Å². The summed E-state index contributed by atoms with van der Waals surface area (Å²) in [6, 6.07) is 5.66. The van der Waals surface area contributed by atoms with Crippen LogP contribution in [0.15, 0.2) is 29.5 Å². The Bertz CT molecular complexity index is 874. The van der Waals surface area contributed by atoms with E-state index < -0.39 is 5.97 Å². The summed E-state index contributed by atoms with van der Waals surface area (Å²) in [4.78, 5) is 30.6. The molecule has 1 aromatic heterocycles. The molecule has 2 heterocycles. The molecule has 0 fully saturated rings. The van der Waals surface area contributed by atoms with Crippen LogP contribution >= 0.6 is 11.3 Å². The summed E-state index contributed by atoms with van der Waals surface area (Å²) in [5, 5.41) is 13.3. The fraction of sp³-hybridized carbons (Fsp3) is 0.389. The Morgan fingerprint density at radius 2 is 2.27 bits per heavy atom. The maximum atomic E-state index is 12.6. The first-order chi connectivity index (χ1) is 12.6. The van der Waals surface area contributed by atoms with E-state index in [-0.39, 0.29) is 36.9 Å². The Morgan fingerprint density at radius 3 is 2.96 bits per heavy atom. The van der Waals surface area contributed by atoms with Crippen molar-refractivity contribution in [1.29, 1.82) is 0 Å². The van der Waals surface area contributed by atoms with Gasteiger partial charge in [-0.2, -0.15) is 0 Å². The van der Waals surface area contributed by atoms with Gasteiger partial charge in [0.05, 0.1) is 41.1 Å². The lowest BCUT2D eigenvalue weighted by Crippen LogP contribution is -2.31. The van der Waals surface area contributed by atoms with Crippen LogP contribution in [-0.2, 0) is 20.7 Å². The number of nitrogens with zero attached hydrogens (tertiary/aromatic N) is 2. The predicted molar refractivity (Wildman–Crippen MR) is 99.9 cm³/mol. The number of aliphatic hydroxyl groups is 1. The quantitative estimate of drug-likeness (QED) is 0.719. The lowest BCUT2D eigenvalue weighted by atomic mass is 10.2. The first-order valence-electron chi connectivity index (χ1n) is 8.45. The minimum Gasteiger partial charge on any atom is -0.466 e. The van der Waals surface area contributed by atoms with Gasteiger partial charge in [0, 0.05) is 12.2 Å². The number of rotatable bonds is 7. The summed E-state index contributed by atoms with van der Waals surface area (Å²) < 4.78 is 5.82. The molecule has 7 nitrogen and oxygen atoms in total. The van der Waals surface area contributed by atoms with Crippen molar-refractivity contribution in [2.75, 3.05) is 32.1 Å². The van der Waals surface area contributed by atoms with Crippen LogP contribution in [-0.4, -0.2) is 53.7 Å². The van der Waals surface area contributed by atoms with E-state index >= 15 is 0 Å². The second kappa shape index (κ2) is 7.84. The topological polar surface area (TPSA) is 91.8 Å². The first-order valence-corrected chi connectivity index (χ1v) is 9.27. The summed E-state index contributed by atoms with van der Waals surface area (Å²) in [5.41, 5.74) is 2.09. The maximum absolute atomic E-state index is 12.6. The van der Waals surface area contributed by atoms with Crippen LogP contribution in [0.3, 0.4) is 0 Å². The van der Waals surface area contributed by atoms with Gasteiger partial charge in [0.15, 0.2) is 0 Å². The van der Waals surface area contributed by atoms with Gasteiger partial charge in [-0.3, -0.25) is 4.79 Å². The number of aromatic nitrogens is 1. The Balaban J connectivity index is 1.90. The highest BCUT2D eigenvalue weighted by atomic mass is 32.1. The molecule has 2 N–H and O–H groups in total. The zero-order chi connectivity index (χ0) is 18.7. The first kappa shape index (κ1) is 18.3. The number of aliphatic hydroxyl groups excluding tert-OH is 1. The molecule has 0 unspecified atom stereocenters. The monoisotopic (exact) mass is 375 g/mol. The Kier molecular flexibility index (Phi) is 5.53. The van der Waals surface area contributed by atoms with Gasteiger partial charge in [-0.25, -0.2) is 9.78 Å². The molecule has 1 aliphatic rings. The molecular weight excluding hydrogens is 354 g/mol. The number of carbonyl (C=O) groups excluding carboxylic acids is 2. The Hall–Kier alpha value is -2.45. The van der Waals surface area contributed by atoms with Crippen LogP contribution in [0.5, 0.6) is 0 Å². The fourth-order valence-corrected chi connectivity index (χ4v) is 3.97. The van der Waals surface area contributed by atoms with Crippen molar-refractivity contribution in [2.24, 2.45) is 0 Å². The van der Waals surface area contributed by atoms with Crippen molar-refractivity contribution in [2.45, 2.75) is 19.8 Å². The zero-order valence-electron chi connectivity index (χ0n) is 14.7. The molecule has 26 heavy (non-hydrogen) atoms. The fourth-order valence-electron chi connectivity index (χ4n) is 2.86. The number of thiazole rings is 1. The average Bonchev–Trinajstić information content (AvgIpc) is 3.17. The summed E-state index contributed by atoms with van der Waals surface area (Å²) >= 11 is 1.63. The third-order valence-corrected chi connectivity index (χ3v) is 5.20. The largest absolute Gasteiger partial charge is 0.466 e. The second-order valence-electron chi connectivity index (χ2n) is 5.96. The van der Waals surface area contributed by atoms with Crippen LogP contribution in [0.2, 0.25) is 0 Å². The number of aryl methyl sites for hydroxylation is 1. The van der Waals surface area contributed by atoms with E-state index in [4.69, 9.17) is 9.84 Å². The molecule has 0 saturated carbocycles. The van der Waals surface area contributed by atoms with E-state index in [1.807, 2.05) is 18.2 Å². The highest BCUT2D eigenvalue weighted by Gasteiger charge is 2.34. The number of β-amino-alcohol motifs (C(OH)–C–C–N with tert-alkyl or cyclic N) is 1. The number of amides is 1. The summed E-state index contributed by atoms with van der Waals surface area (Å²) in [7, 11) is 1.28. The summed E-state index contributed by atoms with van der Waals surface area (Å²) in [6.07, 6.45) is 1.98. The number of hydrogen-bond donors (Lipinski definition) is 2. The predicted octanol–water partition coefficient (Wildman–Crippen LogP) is 1.92. The minimum absolute atomic E-state index is 0.123. The third-order valence-electron chi connectivity index (χ3n) is 4.12. The van der Waals surface area contributed by atoms with Crippen molar-refractivity contribution < 1.29 is 19.4 Å². The van der Waals surface area contributed by atoms with Crippen molar-refractivity contribution in [3.05, 3.63) is 34.5 Å². The van der Waals surface area contributed by atoms with Gasteiger partial charge < -0.3 is 20.1 Å². The number of carbonyl (C=O) groups is 2. The molecule has 1 amide bonds. The number of methoxy groups -OCH3 is 1. The lowest BCUT2D eigenvalue weighted by Gasteiger charge is -2.15. The highest BCUT2D eigenvalue weighted by Crippen LogP contribution is 2.28. The van der Waals surface area contributed by atoms with E-state index in [1.165, 1.54) is 12.0 Å². The molecule has 138 valence electrons. The molecule has 0 atom stereocenters. The van der Waals surface area contributed by atoms with Gasteiger partial charge in [0.1, 0.15) is 5.70 Å². The number of nitrogens with one attached hydrogen (secondary N) is 1. The maximum Gasteiger partial charge on any atom is 0.337 e. The van der Waals surface area contributed by atoms with Crippen LogP contribution in [0, 0.1) is 0 Å². The van der Waals surface area contributed by atoms with E-state index in [9.17, 15) is 9.59 Å². The number of anilines is 1. The molecule has 0 radical (unpaired) electrons.